The zero-order chi connectivity index (χ0) is 13.9. The van der Waals surface area contributed by atoms with E-state index in [0.717, 1.165) is 24.7 Å². The van der Waals surface area contributed by atoms with Gasteiger partial charge in [-0.3, -0.25) is 0 Å². The van der Waals surface area contributed by atoms with Crippen LogP contribution in [-0.2, 0) is 11.3 Å². The number of hydrogen-bond acceptors (Lipinski definition) is 3. The molecule has 1 N–H and O–H groups in total. The van der Waals surface area contributed by atoms with Gasteiger partial charge < -0.3 is 15.0 Å². The third-order valence-electron chi connectivity index (χ3n) is 4.07. The summed E-state index contributed by atoms with van der Waals surface area (Å²) in [4.78, 5) is 2.47. The van der Waals surface area contributed by atoms with Crippen LogP contribution in [0.3, 0.4) is 0 Å². The van der Waals surface area contributed by atoms with Gasteiger partial charge in [0.05, 0.1) is 6.61 Å². The SMILES string of the molecule is COCCN(c1cccc(Cl)c1CNC1CC1)C1CC1. The average molecular weight is 295 g/mol. The lowest BCUT2D eigenvalue weighted by atomic mass is 10.1. The van der Waals surface area contributed by atoms with Crippen molar-refractivity contribution >= 4 is 17.3 Å². The summed E-state index contributed by atoms with van der Waals surface area (Å²) in [5.41, 5.74) is 2.52. The second kappa shape index (κ2) is 6.33. The van der Waals surface area contributed by atoms with Crippen LogP contribution in [0.25, 0.3) is 0 Å². The molecule has 0 radical (unpaired) electrons. The normalized spacial score (nSPS) is 18.3. The topological polar surface area (TPSA) is 24.5 Å². The molecule has 3 nitrogen and oxygen atoms in total. The quantitative estimate of drug-likeness (QED) is 0.797. The fraction of sp³-hybridized carbons (Fsp3) is 0.625. The first kappa shape index (κ1) is 14.2. The van der Waals surface area contributed by atoms with E-state index in [2.05, 4.69) is 22.3 Å². The summed E-state index contributed by atoms with van der Waals surface area (Å²) in [5.74, 6) is 0. The molecule has 0 atom stereocenters. The standard InChI is InChI=1S/C16H23ClN2O/c1-20-10-9-19(13-7-8-13)16-4-2-3-15(17)14(16)11-18-12-5-6-12/h2-4,12-13,18H,5-11H2,1H3. The molecule has 20 heavy (non-hydrogen) atoms. The predicted octanol–water partition coefficient (Wildman–Crippen LogP) is 3.21. The zero-order valence-corrected chi connectivity index (χ0v) is 12.8. The Bertz CT molecular complexity index is 458. The summed E-state index contributed by atoms with van der Waals surface area (Å²) < 4.78 is 5.26. The molecular formula is C16H23ClN2O. The van der Waals surface area contributed by atoms with E-state index in [1.807, 2.05) is 6.07 Å². The van der Waals surface area contributed by atoms with Gasteiger partial charge in [-0.25, -0.2) is 0 Å². The van der Waals surface area contributed by atoms with E-state index in [4.69, 9.17) is 16.3 Å². The molecule has 0 aromatic heterocycles. The molecule has 0 saturated heterocycles. The number of benzene rings is 1. The highest BCUT2D eigenvalue weighted by atomic mass is 35.5. The van der Waals surface area contributed by atoms with Gasteiger partial charge in [0, 0.05) is 48.6 Å². The molecule has 0 unspecified atom stereocenters. The van der Waals surface area contributed by atoms with Crippen molar-refractivity contribution in [2.75, 3.05) is 25.2 Å². The minimum absolute atomic E-state index is 0.670. The Morgan fingerprint density at radius 3 is 2.75 bits per heavy atom. The smallest absolute Gasteiger partial charge is 0.0637 e. The number of anilines is 1. The average Bonchev–Trinajstić information content (AvgIpc) is 3.32. The third-order valence-corrected chi connectivity index (χ3v) is 4.43. The second-order valence-corrected chi connectivity index (χ2v) is 6.22. The van der Waals surface area contributed by atoms with E-state index in [1.165, 1.54) is 36.9 Å². The first-order valence-electron chi connectivity index (χ1n) is 7.56. The van der Waals surface area contributed by atoms with Crippen LogP contribution in [0.15, 0.2) is 18.2 Å². The van der Waals surface area contributed by atoms with Crippen LogP contribution in [0.4, 0.5) is 5.69 Å². The Hall–Kier alpha value is -0.770. The van der Waals surface area contributed by atoms with Crippen LogP contribution < -0.4 is 10.2 Å². The molecule has 1 aromatic rings. The number of halogens is 1. The van der Waals surface area contributed by atoms with Gasteiger partial charge in [0.25, 0.3) is 0 Å². The Balaban J connectivity index is 1.79. The van der Waals surface area contributed by atoms with Gasteiger partial charge in [-0.2, -0.15) is 0 Å². The molecule has 110 valence electrons. The minimum Gasteiger partial charge on any atom is -0.383 e. The lowest BCUT2D eigenvalue weighted by Crippen LogP contribution is -2.31. The molecule has 2 aliphatic carbocycles. The summed E-state index contributed by atoms with van der Waals surface area (Å²) in [6, 6.07) is 7.62. The number of rotatable bonds is 8. The number of nitrogens with zero attached hydrogens (tertiary/aromatic N) is 1. The van der Waals surface area contributed by atoms with Crippen molar-refractivity contribution in [3.63, 3.8) is 0 Å². The maximum atomic E-state index is 6.44. The van der Waals surface area contributed by atoms with Crippen LogP contribution >= 0.6 is 11.6 Å². The highest BCUT2D eigenvalue weighted by molar-refractivity contribution is 6.31. The molecule has 0 aliphatic heterocycles. The lowest BCUT2D eigenvalue weighted by Gasteiger charge is -2.27. The highest BCUT2D eigenvalue weighted by Gasteiger charge is 2.31. The summed E-state index contributed by atoms with van der Waals surface area (Å²) in [6.45, 7) is 2.58. The molecule has 2 saturated carbocycles. The van der Waals surface area contributed by atoms with E-state index < -0.39 is 0 Å². The van der Waals surface area contributed by atoms with Crippen molar-refractivity contribution in [1.29, 1.82) is 0 Å². The minimum atomic E-state index is 0.670. The molecule has 2 fully saturated rings. The van der Waals surface area contributed by atoms with E-state index in [1.54, 1.807) is 7.11 Å². The second-order valence-electron chi connectivity index (χ2n) is 5.81. The fourth-order valence-corrected chi connectivity index (χ4v) is 2.84. The van der Waals surface area contributed by atoms with Gasteiger partial charge in [-0.05, 0) is 37.8 Å². The van der Waals surface area contributed by atoms with Gasteiger partial charge in [-0.15, -0.1) is 0 Å². The molecule has 0 heterocycles. The number of hydrogen-bond donors (Lipinski definition) is 1. The Kier molecular flexibility index (Phi) is 4.49. The summed E-state index contributed by atoms with van der Waals surface area (Å²) in [7, 11) is 1.76. The van der Waals surface area contributed by atoms with Gasteiger partial charge in [0.15, 0.2) is 0 Å². The molecular weight excluding hydrogens is 272 g/mol. The Labute approximate surface area is 126 Å². The van der Waals surface area contributed by atoms with Crippen LogP contribution in [0.5, 0.6) is 0 Å². The maximum absolute atomic E-state index is 6.44. The van der Waals surface area contributed by atoms with Crippen LogP contribution in [-0.4, -0.2) is 32.3 Å². The van der Waals surface area contributed by atoms with E-state index in [9.17, 15) is 0 Å². The maximum Gasteiger partial charge on any atom is 0.0637 e. The Morgan fingerprint density at radius 1 is 1.30 bits per heavy atom. The van der Waals surface area contributed by atoms with Crippen molar-refractivity contribution in [2.45, 2.75) is 44.3 Å². The van der Waals surface area contributed by atoms with Crippen molar-refractivity contribution in [1.82, 2.24) is 5.32 Å². The third kappa shape index (κ3) is 3.46. The number of nitrogens with one attached hydrogen (secondary N) is 1. The van der Waals surface area contributed by atoms with E-state index in [0.29, 0.717) is 12.1 Å². The molecule has 3 rings (SSSR count). The summed E-state index contributed by atoms with van der Waals surface area (Å²) in [5, 5.41) is 4.46. The lowest BCUT2D eigenvalue weighted by molar-refractivity contribution is 0.205. The first-order valence-corrected chi connectivity index (χ1v) is 7.93. The van der Waals surface area contributed by atoms with Gasteiger partial charge in [-0.1, -0.05) is 17.7 Å². The zero-order valence-electron chi connectivity index (χ0n) is 12.1. The van der Waals surface area contributed by atoms with E-state index in [-0.39, 0.29) is 0 Å². The van der Waals surface area contributed by atoms with Crippen molar-refractivity contribution in [3.8, 4) is 0 Å². The van der Waals surface area contributed by atoms with Gasteiger partial charge in [0.1, 0.15) is 0 Å². The van der Waals surface area contributed by atoms with Crippen molar-refractivity contribution in [2.24, 2.45) is 0 Å². The predicted molar refractivity (Wildman–Crippen MR) is 83.6 cm³/mol. The number of ether oxygens (including phenoxy) is 1. The monoisotopic (exact) mass is 294 g/mol. The van der Waals surface area contributed by atoms with Gasteiger partial charge in [0.2, 0.25) is 0 Å². The molecule has 4 heteroatoms. The first-order chi connectivity index (χ1) is 9.79. The summed E-state index contributed by atoms with van der Waals surface area (Å²) in [6.07, 6.45) is 5.17. The van der Waals surface area contributed by atoms with Gasteiger partial charge >= 0.3 is 0 Å². The van der Waals surface area contributed by atoms with Crippen molar-refractivity contribution < 1.29 is 4.74 Å². The van der Waals surface area contributed by atoms with Crippen LogP contribution in [0.1, 0.15) is 31.2 Å². The van der Waals surface area contributed by atoms with E-state index >= 15 is 0 Å². The molecule has 0 bridgehead atoms. The van der Waals surface area contributed by atoms with Crippen LogP contribution in [0, 0.1) is 0 Å². The Morgan fingerprint density at radius 2 is 2.10 bits per heavy atom. The number of methoxy groups -OCH3 is 1. The summed E-state index contributed by atoms with van der Waals surface area (Å²) >= 11 is 6.44. The molecule has 0 amide bonds. The molecule has 1 aromatic carbocycles. The fourth-order valence-electron chi connectivity index (χ4n) is 2.60. The molecule has 0 spiro atoms. The molecule has 2 aliphatic rings. The van der Waals surface area contributed by atoms with Crippen molar-refractivity contribution in [3.05, 3.63) is 28.8 Å². The highest BCUT2D eigenvalue weighted by Crippen LogP contribution is 2.36. The largest absolute Gasteiger partial charge is 0.383 e. The van der Waals surface area contributed by atoms with Crippen LogP contribution in [0.2, 0.25) is 5.02 Å².